The number of hydrogen-bond donors (Lipinski definition) is 1. The summed E-state index contributed by atoms with van der Waals surface area (Å²) >= 11 is 0. The van der Waals surface area contributed by atoms with Crippen molar-refractivity contribution in [2.75, 3.05) is 31.2 Å². The Labute approximate surface area is 218 Å². The number of pyridine rings is 1. The molecule has 0 amide bonds. The SMILES string of the molecule is CCn1c(-c2ccncc2)nc2c(N3CCOCC3)nc(-c3ccc(C(=O)O)cc3-c3ccn(C)n3)nc21. The third kappa shape index (κ3) is 4.16. The zero-order valence-corrected chi connectivity index (χ0v) is 21.1. The summed E-state index contributed by atoms with van der Waals surface area (Å²) in [4.78, 5) is 33.2. The Balaban J connectivity index is 1.62. The van der Waals surface area contributed by atoms with Crippen LogP contribution in [0.3, 0.4) is 0 Å². The Morgan fingerprint density at radius 1 is 1.03 bits per heavy atom. The van der Waals surface area contributed by atoms with E-state index in [-0.39, 0.29) is 5.56 Å². The number of hydrogen-bond acceptors (Lipinski definition) is 8. The average molecular weight is 511 g/mol. The van der Waals surface area contributed by atoms with E-state index in [1.807, 2.05) is 31.4 Å². The van der Waals surface area contributed by atoms with Crippen LogP contribution in [0.1, 0.15) is 17.3 Å². The van der Waals surface area contributed by atoms with Crippen LogP contribution < -0.4 is 4.90 Å². The zero-order chi connectivity index (χ0) is 26.2. The van der Waals surface area contributed by atoms with Crippen molar-refractivity contribution in [3.63, 3.8) is 0 Å². The van der Waals surface area contributed by atoms with Crippen LogP contribution in [0.4, 0.5) is 5.82 Å². The highest BCUT2D eigenvalue weighted by Gasteiger charge is 2.25. The Kier molecular flexibility index (Phi) is 6.04. The van der Waals surface area contributed by atoms with Crippen LogP contribution in [0.15, 0.2) is 55.0 Å². The first-order valence-corrected chi connectivity index (χ1v) is 12.4. The fraction of sp³-hybridized carbons (Fsp3) is 0.259. The molecule has 0 aliphatic carbocycles. The van der Waals surface area contributed by atoms with Crippen LogP contribution in [-0.4, -0.2) is 71.7 Å². The van der Waals surface area contributed by atoms with Crippen LogP contribution in [-0.2, 0) is 18.3 Å². The van der Waals surface area contributed by atoms with Gasteiger partial charge in [0.25, 0.3) is 0 Å². The highest BCUT2D eigenvalue weighted by atomic mass is 16.5. The van der Waals surface area contributed by atoms with Crippen molar-refractivity contribution in [1.29, 1.82) is 0 Å². The highest BCUT2D eigenvalue weighted by molar-refractivity contribution is 5.94. The predicted molar refractivity (Wildman–Crippen MR) is 142 cm³/mol. The third-order valence-corrected chi connectivity index (χ3v) is 6.64. The van der Waals surface area contributed by atoms with E-state index in [2.05, 4.69) is 26.5 Å². The van der Waals surface area contributed by atoms with Crippen molar-refractivity contribution in [1.82, 2.24) is 34.3 Å². The molecule has 5 aromatic rings. The summed E-state index contributed by atoms with van der Waals surface area (Å²) in [6, 6.07) is 10.7. The number of aryl methyl sites for hydroxylation is 2. The number of rotatable bonds is 6. The molecule has 0 bridgehead atoms. The molecular weight excluding hydrogens is 484 g/mol. The molecule has 5 heterocycles. The van der Waals surface area contributed by atoms with Gasteiger partial charge in [0.2, 0.25) is 0 Å². The quantitative estimate of drug-likeness (QED) is 0.365. The lowest BCUT2D eigenvalue weighted by molar-refractivity contribution is 0.0697. The molecule has 1 aromatic carbocycles. The van der Waals surface area contributed by atoms with Gasteiger partial charge in [0.05, 0.1) is 24.5 Å². The minimum atomic E-state index is -1.01. The second-order valence-corrected chi connectivity index (χ2v) is 9.00. The minimum Gasteiger partial charge on any atom is -0.478 e. The van der Waals surface area contributed by atoms with E-state index in [1.165, 1.54) is 0 Å². The molecule has 11 heteroatoms. The first-order chi connectivity index (χ1) is 18.5. The summed E-state index contributed by atoms with van der Waals surface area (Å²) in [5.74, 6) is 0.986. The number of nitrogens with zero attached hydrogens (tertiary/aromatic N) is 8. The van der Waals surface area contributed by atoms with Gasteiger partial charge in [0, 0.05) is 62.0 Å². The summed E-state index contributed by atoms with van der Waals surface area (Å²) in [5, 5.41) is 14.2. The van der Waals surface area contributed by atoms with Crippen molar-refractivity contribution in [3.8, 4) is 34.0 Å². The fourth-order valence-electron chi connectivity index (χ4n) is 4.77. The van der Waals surface area contributed by atoms with Crippen LogP contribution in [0.25, 0.3) is 45.2 Å². The van der Waals surface area contributed by atoms with E-state index >= 15 is 0 Å². The molecule has 1 aliphatic heterocycles. The minimum absolute atomic E-state index is 0.169. The second kappa shape index (κ2) is 9.67. The van der Waals surface area contributed by atoms with Gasteiger partial charge in [-0.1, -0.05) is 0 Å². The van der Waals surface area contributed by atoms with Gasteiger partial charge in [-0.05, 0) is 43.3 Å². The summed E-state index contributed by atoms with van der Waals surface area (Å²) < 4.78 is 9.36. The number of carbonyl (C=O) groups is 1. The molecule has 1 fully saturated rings. The van der Waals surface area contributed by atoms with Gasteiger partial charge in [-0.3, -0.25) is 9.67 Å². The lowest BCUT2D eigenvalue weighted by Gasteiger charge is -2.28. The molecule has 11 nitrogen and oxygen atoms in total. The van der Waals surface area contributed by atoms with E-state index in [1.54, 1.807) is 35.3 Å². The maximum Gasteiger partial charge on any atom is 0.335 e. The predicted octanol–water partition coefficient (Wildman–Crippen LogP) is 3.51. The summed E-state index contributed by atoms with van der Waals surface area (Å²) in [6.07, 6.45) is 5.32. The number of carboxylic acids is 1. The fourth-order valence-corrected chi connectivity index (χ4v) is 4.77. The number of fused-ring (bicyclic) bond motifs is 1. The molecule has 0 radical (unpaired) electrons. The average Bonchev–Trinajstić information content (AvgIpc) is 3.56. The molecule has 192 valence electrons. The molecule has 0 saturated carbocycles. The molecule has 0 unspecified atom stereocenters. The van der Waals surface area contributed by atoms with E-state index in [0.29, 0.717) is 66.7 Å². The van der Waals surface area contributed by atoms with Crippen molar-refractivity contribution >= 4 is 23.0 Å². The summed E-state index contributed by atoms with van der Waals surface area (Å²) in [5.41, 5.74) is 4.51. The van der Waals surface area contributed by atoms with Gasteiger partial charge >= 0.3 is 5.97 Å². The van der Waals surface area contributed by atoms with E-state index in [9.17, 15) is 9.90 Å². The summed E-state index contributed by atoms with van der Waals surface area (Å²) in [6.45, 7) is 5.26. The first kappa shape index (κ1) is 23.7. The van der Waals surface area contributed by atoms with Crippen molar-refractivity contribution in [2.45, 2.75) is 13.5 Å². The van der Waals surface area contributed by atoms with Crippen LogP contribution in [0.2, 0.25) is 0 Å². The number of anilines is 1. The Hall–Kier alpha value is -4.64. The first-order valence-electron chi connectivity index (χ1n) is 12.4. The number of morpholine rings is 1. The lowest BCUT2D eigenvalue weighted by Crippen LogP contribution is -2.37. The maximum atomic E-state index is 11.8. The van der Waals surface area contributed by atoms with Crippen molar-refractivity contribution in [2.24, 2.45) is 7.05 Å². The van der Waals surface area contributed by atoms with Gasteiger partial charge in [0.1, 0.15) is 5.82 Å². The second-order valence-electron chi connectivity index (χ2n) is 9.00. The van der Waals surface area contributed by atoms with E-state index in [4.69, 9.17) is 19.7 Å². The molecule has 4 aromatic heterocycles. The molecular formula is C27H26N8O3. The smallest absolute Gasteiger partial charge is 0.335 e. The van der Waals surface area contributed by atoms with E-state index in [0.717, 1.165) is 17.2 Å². The maximum absolute atomic E-state index is 11.8. The molecule has 0 spiro atoms. The number of aromatic carboxylic acids is 1. The van der Waals surface area contributed by atoms with Gasteiger partial charge in [-0.2, -0.15) is 5.10 Å². The molecule has 0 atom stereocenters. The monoisotopic (exact) mass is 510 g/mol. The van der Waals surface area contributed by atoms with Crippen molar-refractivity contribution < 1.29 is 14.6 Å². The number of carboxylic acid groups (broad SMARTS) is 1. The third-order valence-electron chi connectivity index (χ3n) is 6.64. The van der Waals surface area contributed by atoms with Gasteiger partial charge in [-0.15, -0.1) is 0 Å². The van der Waals surface area contributed by atoms with Crippen LogP contribution in [0, 0.1) is 0 Å². The topological polar surface area (TPSA) is 124 Å². The highest BCUT2D eigenvalue weighted by Crippen LogP contribution is 2.35. The number of benzene rings is 1. The van der Waals surface area contributed by atoms with Gasteiger partial charge in [-0.25, -0.2) is 19.7 Å². The standard InChI is InChI=1S/C27H26N8O3/c1-3-35-24(17-6-9-28-10-7-17)29-22-25(34-12-14-38-15-13-34)30-23(31-26(22)35)19-5-4-18(27(36)37)16-20(19)21-8-11-33(2)32-21/h4-11,16H,3,12-15H2,1-2H3,(H,36,37). The van der Waals surface area contributed by atoms with Gasteiger partial charge < -0.3 is 19.3 Å². The number of ether oxygens (including phenoxy) is 1. The zero-order valence-electron chi connectivity index (χ0n) is 21.1. The number of imidazole rings is 1. The van der Waals surface area contributed by atoms with E-state index < -0.39 is 5.97 Å². The number of aromatic nitrogens is 7. The molecule has 38 heavy (non-hydrogen) atoms. The lowest BCUT2D eigenvalue weighted by atomic mass is 10.0. The van der Waals surface area contributed by atoms with Crippen molar-refractivity contribution in [3.05, 3.63) is 60.6 Å². The van der Waals surface area contributed by atoms with Gasteiger partial charge in [0.15, 0.2) is 22.8 Å². The van der Waals surface area contributed by atoms with Crippen LogP contribution in [0.5, 0.6) is 0 Å². The molecule has 1 aliphatic rings. The molecule has 6 rings (SSSR count). The largest absolute Gasteiger partial charge is 0.478 e. The Morgan fingerprint density at radius 2 is 1.82 bits per heavy atom. The Morgan fingerprint density at radius 3 is 2.50 bits per heavy atom. The molecule has 1 N–H and O–H groups in total. The Bertz CT molecular complexity index is 1640. The normalized spacial score (nSPS) is 13.8. The summed E-state index contributed by atoms with van der Waals surface area (Å²) in [7, 11) is 1.82. The van der Waals surface area contributed by atoms with Crippen LogP contribution >= 0.6 is 0 Å². The molecule has 1 saturated heterocycles.